The summed E-state index contributed by atoms with van der Waals surface area (Å²) in [7, 11) is 0. The van der Waals surface area contributed by atoms with Crippen molar-refractivity contribution in [2.75, 3.05) is 18.0 Å². The monoisotopic (exact) mass is 234 g/mol. The van der Waals surface area contributed by atoms with Gasteiger partial charge in [0.15, 0.2) is 0 Å². The van der Waals surface area contributed by atoms with Gasteiger partial charge in [0.2, 0.25) is 0 Å². The Morgan fingerprint density at radius 1 is 1.12 bits per heavy atom. The Balaban J connectivity index is 2.06. The van der Waals surface area contributed by atoms with Gasteiger partial charge in [0, 0.05) is 18.8 Å². The number of nitrogens with two attached hydrogens (primary N) is 1. The van der Waals surface area contributed by atoms with Crippen LogP contribution in [0.25, 0.3) is 0 Å². The van der Waals surface area contributed by atoms with E-state index in [1.54, 1.807) is 6.92 Å². The maximum atomic E-state index is 9.46. The van der Waals surface area contributed by atoms with E-state index in [0.717, 1.165) is 18.7 Å². The van der Waals surface area contributed by atoms with Gasteiger partial charge in [0.1, 0.15) is 0 Å². The van der Waals surface area contributed by atoms with Gasteiger partial charge in [-0.3, -0.25) is 0 Å². The summed E-state index contributed by atoms with van der Waals surface area (Å²) in [5.74, 6) is 0. The van der Waals surface area contributed by atoms with Crippen LogP contribution in [0.2, 0.25) is 0 Å². The van der Waals surface area contributed by atoms with Crippen molar-refractivity contribution < 1.29 is 5.11 Å². The number of aliphatic hydroxyl groups excluding tert-OH is 1. The predicted molar refractivity (Wildman–Crippen MR) is 71.1 cm³/mol. The third-order valence-electron chi connectivity index (χ3n) is 3.52. The molecule has 0 radical (unpaired) electrons. The van der Waals surface area contributed by atoms with E-state index in [-0.39, 0.29) is 6.04 Å². The minimum Gasteiger partial charge on any atom is -0.391 e. The van der Waals surface area contributed by atoms with Crippen LogP contribution in [0.4, 0.5) is 5.69 Å². The van der Waals surface area contributed by atoms with Crippen molar-refractivity contribution in [1.82, 2.24) is 0 Å². The van der Waals surface area contributed by atoms with Gasteiger partial charge < -0.3 is 15.7 Å². The van der Waals surface area contributed by atoms with E-state index >= 15 is 0 Å². The zero-order chi connectivity index (χ0) is 12.3. The number of hydrogen-bond acceptors (Lipinski definition) is 3. The van der Waals surface area contributed by atoms with Crippen LogP contribution in [0.15, 0.2) is 24.3 Å². The lowest BCUT2D eigenvalue weighted by Gasteiger charge is -2.29. The lowest BCUT2D eigenvalue weighted by Crippen LogP contribution is -2.29. The minimum atomic E-state index is -0.504. The second-order valence-corrected chi connectivity index (χ2v) is 4.91. The van der Waals surface area contributed by atoms with Crippen LogP contribution < -0.4 is 10.6 Å². The molecule has 1 heterocycles. The summed E-state index contributed by atoms with van der Waals surface area (Å²) in [5.41, 5.74) is 8.17. The van der Waals surface area contributed by atoms with Gasteiger partial charge in [-0.1, -0.05) is 12.1 Å². The van der Waals surface area contributed by atoms with Crippen molar-refractivity contribution in [3.63, 3.8) is 0 Å². The largest absolute Gasteiger partial charge is 0.391 e. The summed E-state index contributed by atoms with van der Waals surface area (Å²) < 4.78 is 0. The summed E-state index contributed by atoms with van der Waals surface area (Å²) in [6.45, 7) is 4.03. The number of benzene rings is 1. The van der Waals surface area contributed by atoms with Crippen molar-refractivity contribution in [2.45, 2.75) is 38.3 Å². The molecule has 0 amide bonds. The maximum Gasteiger partial charge on any atom is 0.0704 e. The Bertz CT molecular complexity index is 342. The highest BCUT2D eigenvalue weighted by Gasteiger charge is 2.14. The molecule has 1 aromatic carbocycles. The zero-order valence-corrected chi connectivity index (χ0v) is 10.5. The molecule has 1 fully saturated rings. The molecule has 1 aromatic rings. The second kappa shape index (κ2) is 5.52. The number of rotatable bonds is 3. The molecule has 2 unspecified atom stereocenters. The normalized spacial score (nSPS) is 20.1. The van der Waals surface area contributed by atoms with E-state index < -0.39 is 6.10 Å². The molecule has 1 saturated heterocycles. The van der Waals surface area contributed by atoms with Crippen molar-refractivity contribution in [2.24, 2.45) is 5.73 Å². The summed E-state index contributed by atoms with van der Waals surface area (Å²) in [4.78, 5) is 2.42. The fourth-order valence-electron chi connectivity index (χ4n) is 2.34. The first-order valence-corrected chi connectivity index (χ1v) is 6.47. The highest BCUT2D eigenvalue weighted by atomic mass is 16.3. The van der Waals surface area contributed by atoms with E-state index in [1.165, 1.54) is 24.9 Å². The average molecular weight is 234 g/mol. The fourth-order valence-corrected chi connectivity index (χ4v) is 2.34. The standard InChI is InChI=1S/C14H22N2O/c1-11(17)14(15)12-5-7-13(8-6-12)16-9-3-2-4-10-16/h5-8,11,14,17H,2-4,9-10,15H2,1H3. The van der Waals surface area contributed by atoms with Crippen LogP contribution in [0.3, 0.4) is 0 Å². The molecule has 3 N–H and O–H groups in total. The molecule has 0 aromatic heterocycles. The number of piperidine rings is 1. The first-order chi connectivity index (χ1) is 8.18. The molecular formula is C14H22N2O. The molecule has 1 aliphatic heterocycles. The molecule has 0 aliphatic carbocycles. The Labute approximate surface area is 103 Å². The minimum absolute atomic E-state index is 0.287. The maximum absolute atomic E-state index is 9.46. The first kappa shape index (κ1) is 12.4. The quantitative estimate of drug-likeness (QED) is 0.841. The first-order valence-electron chi connectivity index (χ1n) is 6.47. The number of hydrogen-bond donors (Lipinski definition) is 2. The molecular weight excluding hydrogens is 212 g/mol. The average Bonchev–Trinajstić information content (AvgIpc) is 2.39. The van der Waals surface area contributed by atoms with Gasteiger partial charge in [-0.2, -0.15) is 0 Å². The summed E-state index contributed by atoms with van der Waals surface area (Å²) >= 11 is 0. The van der Waals surface area contributed by atoms with E-state index in [2.05, 4.69) is 17.0 Å². The fraction of sp³-hybridized carbons (Fsp3) is 0.571. The molecule has 2 rings (SSSR count). The number of nitrogens with zero attached hydrogens (tertiary/aromatic N) is 1. The summed E-state index contributed by atoms with van der Waals surface area (Å²) in [5, 5.41) is 9.46. The predicted octanol–water partition coefficient (Wildman–Crippen LogP) is 2.06. The van der Waals surface area contributed by atoms with E-state index in [0.29, 0.717) is 0 Å². The Morgan fingerprint density at radius 3 is 2.24 bits per heavy atom. The van der Waals surface area contributed by atoms with Gasteiger partial charge in [-0.25, -0.2) is 0 Å². The number of aliphatic hydroxyl groups is 1. The molecule has 0 bridgehead atoms. The van der Waals surface area contributed by atoms with Crippen molar-refractivity contribution in [3.8, 4) is 0 Å². The zero-order valence-electron chi connectivity index (χ0n) is 10.5. The van der Waals surface area contributed by atoms with E-state index in [4.69, 9.17) is 5.73 Å². The molecule has 0 saturated carbocycles. The van der Waals surface area contributed by atoms with Crippen LogP contribution in [0.1, 0.15) is 37.8 Å². The van der Waals surface area contributed by atoms with E-state index in [1.807, 2.05) is 12.1 Å². The Kier molecular flexibility index (Phi) is 4.02. The Morgan fingerprint density at radius 2 is 1.71 bits per heavy atom. The molecule has 1 aliphatic rings. The summed E-state index contributed by atoms with van der Waals surface area (Å²) in [6, 6.07) is 8.00. The van der Waals surface area contributed by atoms with Crippen molar-refractivity contribution in [1.29, 1.82) is 0 Å². The van der Waals surface area contributed by atoms with Crippen LogP contribution >= 0.6 is 0 Å². The molecule has 0 spiro atoms. The van der Waals surface area contributed by atoms with Gasteiger partial charge in [0.05, 0.1) is 12.1 Å². The van der Waals surface area contributed by atoms with Gasteiger partial charge >= 0.3 is 0 Å². The van der Waals surface area contributed by atoms with Gasteiger partial charge in [-0.15, -0.1) is 0 Å². The van der Waals surface area contributed by atoms with Crippen molar-refractivity contribution >= 4 is 5.69 Å². The third kappa shape index (κ3) is 2.99. The van der Waals surface area contributed by atoms with E-state index in [9.17, 15) is 5.11 Å². The lowest BCUT2D eigenvalue weighted by molar-refractivity contribution is 0.164. The topological polar surface area (TPSA) is 49.5 Å². The van der Waals surface area contributed by atoms with Crippen molar-refractivity contribution in [3.05, 3.63) is 29.8 Å². The molecule has 94 valence electrons. The van der Waals surface area contributed by atoms with Crippen LogP contribution in [0, 0.1) is 0 Å². The third-order valence-corrected chi connectivity index (χ3v) is 3.52. The molecule has 2 atom stereocenters. The smallest absolute Gasteiger partial charge is 0.0704 e. The van der Waals surface area contributed by atoms with Crippen LogP contribution in [-0.2, 0) is 0 Å². The van der Waals surface area contributed by atoms with Crippen LogP contribution in [0.5, 0.6) is 0 Å². The number of anilines is 1. The lowest BCUT2D eigenvalue weighted by atomic mass is 10.0. The highest BCUT2D eigenvalue weighted by molar-refractivity contribution is 5.48. The SMILES string of the molecule is CC(O)C(N)c1ccc(N2CCCCC2)cc1. The molecule has 17 heavy (non-hydrogen) atoms. The van der Waals surface area contributed by atoms with Gasteiger partial charge in [-0.05, 0) is 43.9 Å². The van der Waals surface area contributed by atoms with Gasteiger partial charge in [0.25, 0.3) is 0 Å². The second-order valence-electron chi connectivity index (χ2n) is 4.91. The highest BCUT2D eigenvalue weighted by Crippen LogP contribution is 2.22. The van der Waals surface area contributed by atoms with Crippen LogP contribution in [-0.4, -0.2) is 24.3 Å². The summed E-state index contributed by atoms with van der Waals surface area (Å²) in [6.07, 6.45) is 3.42. The Hall–Kier alpha value is -1.06. The molecule has 3 nitrogen and oxygen atoms in total. The molecule has 3 heteroatoms.